The lowest BCUT2D eigenvalue weighted by Gasteiger charge is -2.07. The largest absolute Gasteiger partial charge is 0.323 e. The highest BCUT2D eigenvalue weighted by Gasteiger charge is 2.04. The number of rotatable bonds is 3. The summed E-state index contributed by atoms with van der Waals surface area (Å²) in [5.41, 5.74) is 1.04. The minimum Gasteiger partial charge on any atom is -0.314 e. The Morgan fingerprint density at radius 3 is 2.71 bits per heavy atom. The first-order valence-electron chi connectivity index (χ1n) is 5.99. The van der Waals surface area contributed by atoms with Gasteiger partial charge >= 0.3 is 6.03 Å². The average molecular weight is 325 g/mol. The van der Waals surface area contributed by atoms with Crippen LogP contribution in [0.2, 0.25) is 10.0 Å². The molecule has 0 atom stereocenters. The molecule has 0 fully saturated rings. The van der Waals surface area contributed by atoms with Gasteiger partial charge in [-0.05, 0) is 42.0 Å². The molecule has 2 aromatic rings. The molecule has 3 nitrogen and oxygen atoms in total. The van der Waals surface area contributed by atoms with E-state index in [4.69, 9.17) is 23.2 Å². The van der Waals surface area contributed by atoms with Crippen molar-refractivity contribution >= 4 is 41.0 Å². The molecule has 0 aliphatic heterocycles. The quantitative estimate of drug-likeness (QED) is 0.826. The zero-order valence-corrected chi connectivity index (χ0v) is 12.3. The lowest BCUT2D eigenvalue weighted by Crippen LogP contribution is -2.23. The summed E-state index contributed by atoms with van der Waals surface area (Å²) in [6.45, 7) is 0. The number of carbonyl (C=O) groups excluding carboxylic acids is 1. The summed E-state index contributed by atoms with van der Waals surface area (Å²) >= 11 is 11.7. The summed E-state index contributed by atoms with van der Waals surface area (Å²) in [4.78, 5) is 11.7. The van der Waals surface area contributed by atoms with E-state index in [0.717, 1.165) is 0 Å². The molecule has 0 saturated heterocycles. The molecule has 2 aromatic carbocycles. The van der Waals surface area contributed by atoms with E-state index in [1.807, 2.05) is 0 Å². The van der Waals surface area contributed by atoms with Crippen molar-refractivity contribution in [2.75, 3.05) is 5.32 Å². The van der Waals surface area contributed by atoms with E-state index in [1.54, 1.807) is 36.4 Å². The van der Waals surface area contributed by atoms with Gasteiger partial charge in [-0.2, -0.15) is 0 Å². The van der Waals surface area contributed by atoms with Gasteiger partial charge < -0.3 is 10.6 Å². The topological polar surface area (TPSA) is 41.1 Å². The molecule has 6 heteroatoms. The van der Waals surface area contributed by atoms with E-state index in [9.17, 15) is 9.18 Å². The minimum absolute atomic E-state index is 0.340. The molecule has 0 unspecified atom stereocenters. The zero-order chi connectivity index (χ0) is 15.2. The minimum atomic E-state index is -0.480. The molecule has 0 heterocycles. The van der Waals surface area contributed by atoms with Gasteiger partial charge in [0.1, 0.15) is 5.82 Å². The first-order valence-corrected chi connectivity index (χ1v) is 6.75. The normalized spacial score (nSPS) is 10.6. The standard InChI is InChI=1S/C15H11Cl2FN2O/c16-11-4-5-13(17)14(9-11)20-15(21)19-7-6-10-2-1-3-12(18)8-10/h1-9H,(H2,19,20,21)/b7-6+. The van der Waals surface area contributed by atoms with Crippen molar-refractivity contribution < 1.29 is 9.18 Å². The molecule has 21 heavy (non-hydrogen) atoms. The number of nitrogens with one attached hydrogen (secondary N) is 2. The third kappa shape index (κ3) is 4.77. The Balaban J connectivity index is 1.94. The summed E-state index contributed by atoms with van der Waals surface area (Å²) in [6, 6.07) is 10.3. The average Bonchev–Trinajstić information content (AvgIpc) is 2.43. The van der Waals surface area contributed by atoms with E-state index in [-0.39, 0.29) is 5.82 Å². The highest BCUT2D eigenvalue weighted by atomic mass is 35.5. The lowest BCUT2D eigenvalue weighted by atomic mass is 10.2. The first-order chi connectivity index (χ1) is 10.0. The second-order valence-corrected chi connectivity index (χ2v) is 4.95. The number of hydrogen-bond donors (Lipinski definition) is 2. The molecule has 108 valence electrons. The van der Waals surface area contributed by atoms with Crippen LogP contribution in [0.25, 0.3) is 6.08 Å². The van der Waals surface area contributed by atoms with Crippen LogP contribution in [-0.2, 0) is 0 Å². The highest BCUT2D eigenvalue weighted by molar-refractivity contribution is 6.35. The van der Waals surface area contributed by atoms with Gasteiger partial charge in [0.05, 0.1) is 10.7 Å². The van der Waals surface area contributed by atoms with Gasteiger partial charge in [0.15, 0.2) is 0 Å². The lowest BCUT2D eigenvalue weighted by molar-refractivity contribution is 0.255. The number of hydrogen-bond acceptors (Lipinski definition) is 1. The van der Waals surface area contributed by atoms with E-state index in [0.29, 0.717) is 21.3 Å². The molecule has 0 saturated carbocycles. The molecule has 2 N–H and O–H groups in total. The summed E-state index contributed by atoms with van der Waals surface area (Å²) in [7, 11) is 0. The van der Waals surface area contributed by atoms with Gasteiger partial charge in [-0.3, -0.25) is 0 Å². The summed E-state index contributed by atoms with van der Waals surface area (Å²) in [5.74, 6) is -0.340. The molecular weight excluding hydrogens is 314 g/mol. The van der Waals surface area contributed by atoms with Crippen molar-refractivity contribution in [1.29, 1.82) is 0 Å². The molecule has 0 radical (unpaired) electrons. The monoisotopic (exact) mass is 324 g/mol. The van der Waals surface area contributed by atoms with Crippen LogP contribution in [0, 0.1) is 5.82 Å². The molecular formula is C15H11Cl2FN2O. The smallest absolute Gasteiger partial charge is 0.314 e. The van der Waals surface area contributed by atoms with E-state index in [2.05, 4.69) is 10.6 Å². The van der Waals surface area contributed by atoms with Crippen LogP contribution in [-0.4, -0.2) is 6.03 Å². The van der Waals surface area contributed by atoms with Crippen molar-refractivity contribution in [2.24, 2.45) is 0 Å². The van der Waals surface area contributed by atoms with Crippen LogP contribution in [0.3, 0.4) is 0 Å². The van der Waals surface area contributed by atoms with Crippen LogP contribution < -0.4 is 10.6 Å². The molecule has 0 aliphatic carbocycles. The van der Waals surface area contributed by atoms with Gasteiger partial charge in [-0.15, -0.1) is 0 Å². The van der Waals surface area contributed by atoms with Crippen LogP contribution in [0.15, 0.2) is 48.7 Å². The first kappa shape index (κ1) is 15.4. The fourth-order valence-corrected chi connectivity index (χ4v) is 1.91. The van der Waals surface area contributed by atoms with Crippen LogP contribution in [0.4, 0.5) is 14.9 Å². The predicted octanol–water partition coefficient (Wildman–Crippen LogP) is 4.92. The van der Waals surface area contributed by atoms with Crippen molar-refractivity contribution in [2.45, 2.75) is 0 Å². The number of anilines is 1. The van der Waals surface area contributed by atoms with Crippen molar-refractivity contribution in [3.63, 3.8) is 0 Å². The van der Waals surface area contributed by atoms with Crippen molar-refractivity contribution in [3.8, 4) is 0 Å². The van der Waals surface area contributed by atoms with Gasteiger partial charge in [0.2, 0.25) is 0 Å². The summed E-state index contributed by atoms with van der Waals surface area (Å²) in [6.07, 6.45) is 2.98. The molecule has 2 rings (SSSR count). The fraction of sp³-hybridized carbons (Fsp3) is 0. The Hall–Kier alpha value is -2.04. The Labute approximate surface area is 131 Å². The highest BCUT2D eigenvalue weighted by Crippen LogP contribution is 2.25. The summed E-state index contributed by atoms with van der Waals surface area (Å²) < 4.78 is 13.0. The predicted molar refractivity (Wildman–Crippen MR) is 84.1 cm³/mol. The number of amides is 2. The molecule has 0 aliphatic rings. The maximum Gasteiger partial charge on any atom is 0.323 e. The molecule has 0 bridgehead atoms. The van der Waals surface area contributed by atoms with Crippen LogP contribution in [0.1, 0.15) is 5.56 Å². The fourth-order valence-electron chi connectivity index (χ4n) is 1.58. The van der Waals surface area contributed by atoms with Gasteiger partial charge in [0.25, 0.3) is 0 Å². The third-order valence-electron chi connectivity index (χ3n) is 2.52. The van der Waals surface area contributed by atoms with E-state index >= 15 is 0 Å². The van der Waals surface area contributed by atoms with E-state index < -0.39 is 6.03 Å². The maximum atomic E-state index is 13.0. The molecule has 0 aromatic heterocycles. The van der Waals surface area contributed by atoms with E-state index in [1.165, 1.54) is 18.3 Å². The van der Waals surface area contributed by atoms with Crippen LogP contribution >= 0.6 is 23.2 Å². The SMILES string of the molecule is O=C(N/C=C/c1cccc(F)c1)Nc1cc(Cl)ccc1Cl. The Bertz CT molecular complexity index is 689. The summed E-state index contributed by atoms with van der Waals surface area (Å²) in [5, 5.41) is 5.89. The van der Waals surface area contributed by atoms with Gasteiger partial charge in [-0.25, -0.2) is 9.18 Å². The molecule has 0 spiro atoms. The second kappa shape index (κ2) is 7.11. The zero-order valence-electron chi connectivity index (χ0n) is 10.7. The maximum absolute atomic E-state index is 13.0. The van der Waals surface area contributed by atoms with Gasteiger partial charge in [0, 0.05) is 11.2 Å². The Morgan fingerprint density at radius 1 is 1.14 bits per heavy atom. The number of halogens is 3. The van der Waals surface area contributed by atoms with Gasteiger partial charge in [-0.1, -0.05) is 35.3 Å². The Kier molecular flexibility index (Phi) is 5.20. The second-order valence-electron chi connectivity index (χ2n) is 4.11. The Morgan fingerprint density at radius 2 is 1.95 bits per heavy atom. The van der Waals surface area contributed by atoms with Crippen molar-refractivity contribution in [3.05, 3.63) is 70.1 Å². The van der Waals surface area contributed by atoms with Crippen LogP contribution in [0.5, 0.6) is 0 Å². The number of carbonyl (C=O) groups is 1. The van der Waals surface area contributed by atoms with Crippen molar-refractivity contribution in [1.82, 2.24) is 5.32 Å². The molecule has 2 amide bonds. The number of benzene rings is 2. The third-order valence-corrected chi connectivity index (χ3v) is 3.08. The number of urea groups is 1.